The molecule has 1 fully saturated rings. The summed E-state index contributed by atoms with van der Waals surface area (Å²) in [5.41, 5.74) is 0.589. The molecule has 2 heterocycles. The second kappa shape index (κ2) is 5.11. The van der Waals surface area contributed by atoms with Crippen LogP contribution in [0.25, 0.3) is 0 Å². The van der Waals surface area contributed by atoms with E-state index >= 15 is 0 Å². The zero-order valence-electron chi connectivity index (χ0n) is 11.7. The topological polar surface area (TPSA) is 50.5 Å². The molecule has 0 bridgehead atoms. The number of hydrogen-bond acceptors (Lipinski definition) is 3. The van der Waals surface area contributed by atoms with Gasteiger partial charge >= 0.3 is 0 Å². The number of nitrogens with zero attached hydrogens (tertiary/aromatic N) is 1. The molecule has 2 atom stereocenters. The van der Waals surface area contributed by atoms with Crippen molar-refractivity contribution in [3.8, 4) is 0 Å². The molecular formula is C13H20ClNO3S. The molecule has 0 N–H and O–H groups in total. The fraction of sp³-hybridized carbons (Fsp3) is 0.692. The third-order valence-electron chi connectivity index (χ3n) is 4.01. The van der Waals surface area contributed by atoms with Gasteiger partial charge in [0.25, 0.3) is 0 Å². The molecule has 1 aliphatic rings. The van der Waals surface area contributed by atoms with Crippen LogP contribution in [-0.4, -0.2) is 25.8 Å². The van der Waals surface area contributed by atoms with E-state index in [-0.39, 0.29) is 10.8 Å². The van der Waals surface area contributed by atoms with E-state index in [2.05, 4.69) is 13.8 Å². The predicted molar refractivity (Wildman–Crippen MR) is 74.8 cm³/mol. The molecule has 1 aliphatic heterocycles. The van der Waals surface area contributed by atoms with E-state index in [4.69, 9.17) is 16.0 Å². The maximum atomic E-state index is 12.7. The molecular weight excluding hydrogens is 286 g/mol. The van der Waals surface area contributed by atoms with Crippen molar-refractivity contribution < 1.29 is 12.8 Å². The summed E-state index contributed by atoms with van der Waals surface area (Å²) in [6.45, 7) is 8.72. The van der Waals surface area contributed by atoms with Crippen LogP contribution in [0.3, 0.4) is 0 Å². The highest BCUT2D eigenvalue weighted by molar-refractivity contribution is 7.89. The molecule has 0 aliphatic carbocycles. The monoisotopic (exact) mass is 305 g/mol. The number of alkyl halides is 1. The molecule has 19 heavy (non-hydrogen) atoms. The van der Waals surface area contributed by atoms with Crippen LogP contribution in [0, 0.1) is 25.7 Å². The second-order valence-electron chi connectivity index (χ2n) is 5.43. The van der Waals surface area contributed by atoms with Gasteiger partial charge in [-0.2, -0.15) is 4.31 Å². The van der Waals surface area contributed by atoms with Gasteiger partial charge in [-0.3, -0.25) is 0 Å². The van der Waals surface area contributed by atoms with Gasteiger partial charge in [0, 0.05) is 18.7 Å². The van der Waals surface area contributed by atoms with Crippen molar-refractivity contribution >= 4 is 21.6 Å². The summed E-state index contributed by atoms with van der Waals surface area (Å²) in [6, 6.07) is 0. The second-order valence-corrected chi connectivity index (χ2v) is 7.57. The van der Waals surface area contributed by atoms with Crippen molar-refractivity contribution in [2.75, 3.05) is 13.1 Å². The largest absolute Gasteiger partial charge is 0.465 e. The Balaban J connectivity index is 2.46. The molecule has 0 radical (unpaired) electrons. The maximum absolute atomic E-state index is 12.7. The Labute approximate surface area is 119 Å². The quantitative estimate of drug-likeness (QED) is 0.807. The number of sulfonamides is 1. The summed E-state index contributed by atoms with van der Waals surface area (Å²) >= 11 is 5.88. The number of hydrogen-bond donors (Lipinski definition) is 0. The first-order chi connectivity index (χ1) is 8.78. The molecule has 0 saturated carbocycles. The van der Waals surface area contributed by atoms with Gasteiger partial charge in [0.2, 0.25) is 10.0 Å². The minimum Gasteiger partial charge on any atom is -0.465 e. The summed E-state index contributed by atoms with van der Waals surface area (Å²) < 4.78 is 32.5. The van der Waals surface area contributed by atoms with E-state index in [0.717, 1.165) is 0 Å². The Morgan fingerprint density at radius 1 is 1.21 bits per heavy atom. The van der Waals surface area contributed by atoms with Crippen molar-refractivity contribution in [1.29, 1.82) is 0 Å². The normalized spacial score (nSPS) is 25.1. The minimum absolute atomic E-state index is 0.149. The molecule has 4 nitrogen and oxygen atoms in total. The van der Waals surface area contributed by atoms with Crippen LogP contribution in [-0.2, 0) is 15.9 Å². The molecule has 6 heteroatoms. The Morgan fingerprint density at radius 3 is 2.21 bits per heavy atom. The lowest BCUT2D eigenvalue weighted by atomic mass is 10.0. The molecule has 0 spiro atoms. The van der Waals surface area contributed by atoms with Crippen LogP contribution in [0.1, 0.15) is 30.9 Å². The first kappa shape index (κ1) is 14.9. The van der Waals surface area contributed by atoms with Crippen molar-refractivity contribution in [1.82, 2.24) is 4.31 Å². The average molecular weight is 306 g/mol. The lowest BCUT2D eigenvalue weighted by molar-refractivity contribution is 0.456. The summed E-state index contributed by atoms with van der Waals surface area (Å²) in [7, 11) is -3.50. The van der Waals surface area contributed by atoms with Gasteiger partial charge in [0.05, 0.1) is 5.88 Å². The van der Waals surface area contributed by atoms with E-state index in [1.54, 1.807) is 18.2 Å². The zero-order chi connectivity index (χ0) is 14.4. The Kier molecular flexibility index (Phi) is 4.00. The van der Waals surface area contributed by atoms with Crippen LogP contribution in [0.2, 0.25) is 0 Å². The molecule has 1 aromatic rings. The van der Waals surface area contributed by atoms with E-state index in [9.17, 15) is 8.42 Å². The Morgan fingerprint density at radius 2 is 1.74 bits per heavy atom. The first-order valence-electron chi connectivity index (χ1n) is 6.44. The summed E-state index contributed by atoms with van der Waals surface area (Å²) in [4.78, 5) is 0.265. The number of aryl methyl sites for hydroxylation is 2. The van der Waals surface area contributed by atoms with Gasteiger partial charge in [-0.15, -0.1) is 11.6 Å². The highest BCUT2D eigenvalue weighted by Gasteiger charge is 2.38. The molecule has 2 rings (SSSR count). The Hall–Kier alpha value is -0.520. The molecule has 1 aromatic heterocycles. The first-order valence-corrected chi connectivity index (χ1v) is 8.41. The third kappa shape index (κ3) is 2.43. The van der Waals surface area contributed by atoms with Crippen LogP contribution >= 0.6 is 11.6 Å². The summed E-state index contributed by atoms with van der Waals surface area (Å²) in [5.74, 6) is 1.92. The smallest absolute Gasteiger partial charge is 0.246 e. The van der Waals surface area contributed by atoms with Gasteiger partial charge in [-0.1, -0.05) is 13.8 Å². The van der Waals surface area contributed by atoms with E-state index in [0.29, 0.717) is 42.0 Å². The van der Waals surface area contributed by atoms with Gasteiger partial charge in [-0.25, -0.2) is 8.42 Å². The van der Waals surface area contributed by atoms with Crippen molar-refractivity contribution in [2.24, 2.45) is 11.8 Å². The summed E-state index contributed by atoms with van der Waals surface area (Å²) in [5, 5.41) is 0. The van der Waals surface area contributed by atoms with E-state index in [1.807, 2.05) is 0 Å². The lowest BCUT2D eigenvalue weighted by Gasteiger charge is -2.16. The molecule has 0 amide bonds. The van der Waals surface area contributed by atoms with E-state index < -0.39 is 10.0 Å². The van der Waals surface area contributed by atoms with Crippen LogP contribution in [0.15, 0.2) is 9.31 Å². The molecule has 2 unspecified atom stereocenters. The lowest BCUT2D eigenvalue weighted by Crippen LogP contribution is -2.29. The van der Waals surface area contributed by atoms with Crippen LogP contribution < -0.4 is 0 Å². The number of rotatable bonds is 3. The fourth-order valence-corrected chi connectivity index (χ4v) is 5.06. The van der Waals surface area contributed by atoms with Gasteiger partial charge < -0.3 is 4.42 Å². The number of furan rings is 1. The fourth-order valence-electron chi connectivity index (χ4n) is 2.60. The molecule has 0 aromatic carbocycles. The van der Waals surface area contributed by atoms with Crippen molar-refractivity contribution in [3.05, 3.63) is 17.1 Å². The Bertz CT molecular complexity index is 569. The maximum Gasteiger partial charge on any atom is 0.246 e. The minimum atomic E-state index is -3.50. The highest BCUT2D eigenvalue weighted by Crippen LogP contribution is 2.34. The SMILES string of the molecule is Cc1oc(C)c(S(=O)(=O)N2CC(C)C(C)C2)c1CCl. The zero-order valence-corrected chi connectivity index (χ0v) is 13.3. The molecule has 108 valence electrons. The van der Waals surface area contributed by atoms with Crippen LogP contribution in [0.4, 0.5) is 0 Å². The standard InChI is InChI=1S/C13H20ClNO3S/c1-8-6-15(7-9(8)2)19(16,17)13-11(4)18-10(3)12(13)5-14/h8-9H,5-7H2,1-4H3. The molecule has 1 saturated heterocycles. The highest BCUT2D eigenvalue weighted by atomic mass is 35.5. The number of halogens is 1. The van der Waals surface area contributed by atoms with Crippen LogP contribution in [0.5, 0.6) is 0 Å². The summed E-state index contributed by atoms with van der Waals surface area (Å²) in [6.07, 6.45) is 0. The third-order valence-corrected chi connectivity index (χ3v) is 6.31. The van der Waals surface area contributed by atoms with Crippen molar-refractivity contribution in [2.45, 2.75) is 38.5 Å². The average Bonchev–Trinajstić information content (AvgIpc) is 2.80. The van der Waals surface area contributed by atoms with Crippen molar-refractivity contribution in [3.63, 3.8) is 0 Å². The van der Waals surface area contributed by atoms with Gasteiger partial charge in [0.15, 0.2) is 0 Å². The van der Waals surface area contributed by atoms with Gasteiger partial charge in [0.1, 0.15) is 16.4 Å². The van der Waals surface area contributed by atoms with E-state index in [1.165, 1.54) is 0 Å². The predicted octanol–water partition coefficient (Wildman–Crippen LogP) is 2.91. The van der Waals surface area contributed by atoms with Gasteiger partial charge in [-0.05, 0) is 25.7 Å².